The lowest BCUT2D eigenvalue weighted by Gasteiger charge is -2.28. The smallest absolute Gasteiger partial charge is 0.175 e. The molecule has 0 fully saturated rings. The van der Waals surface area contributed by atoms with E-state index >= 15 is 0 Å². The number of hydrogen-bond donors (Lipinski definition) is 0. The molecular formula is C13H20O3S. The summed E-state index contributed by atoms with van der Waals surface area (Å²) in [6, 6.07) is 0. The number of thiophene rings is 1. The highest BCUT2D eigenvalue weighted by Crippen LogP contribution is 2.43. The van der Waals surface area contributed by atoms with Crippen LogP contribution >= 0.6 is 11.3 Å². The molecule has 2 rings (SSSR count). The molecule has 3 nitrogen and oxygen atoms in total. The van der Waals surface area contributed by atoms with Gasteiger partial charge in [-0.25, -0.2) is 0 Å². The highest BCUT2D eigenvalue weighted by Gasteiger charge is 2.27. The molecular weight excluding hydrogens is 236 g/mol. The highest BCUT2D eigenvalue weighted by atomic mass is 32.1. The average molecular weight is 256 g/mol. The van der Waals surface area contributed by atoms with Crippen molar-refractivity contribution in [2.24, 2.45) is 0 Å². The second kappa shape index (κ2) is 4.50. The van der Waals surface area contributed by atoms with E-state index in [1.54, 1.807) is 11.3 Å². The van der Waals surface area contributed by atoms with E-state index in [0.717, 1.165) is 11.5 Å². The van der Waals surface area contributed by atoms with E-state index in [1.165, 1.54) is 9.75 Å². The van der Waals surface area contributed by atoms with E-state index < -0.39 is 0 Å². The first kappa shape index (κ1) is 12.7. The van der Waals surface area contributed by atoms with E-state index in [1.807, 2.05) is 20.8 Å². The Labute approximate surface area is 107 Å². The Bertz CT molecular complexity index is 404. The molecule has 1 atom stereocenters. The lowest BCUT2D eigenvalue weighted by atomic mass is 10.2. The summed E-state index contributed by atoms with van der Waals surface area (Å²) in [4.78, 5) is 2.37. The van der Waals surface area contributed by atoms with Gasteiger partial charge in [-0.1, -0.05) is 0 Å². The Morgan fingerprint density at radius 1 is 1.24 bits per heavy atom. The van der Waals surface area contributed by atoms with E-state index in [2.05, 4.69) is 13.8 Å². The van der Waals surface area contributed by atoms with Gasteiger partial charge in [-0.15, -0.1) is 11.3 Å². The molecule has 0 spiro atoms. The second-order valence-electron chi connectivity index (χ2n) is 5.35. The normalized spacial score (nSPS) is 19.5. The third-order valence-electron chi connectivity index (χ3n) is 2.55. The van der Waals surface area contributed by atoms with Crippen molar-refractivity contribution in [2.45, 2.75) is 46.3 Å². The highest BCUT2D eigenvalue weighted by molar-refractivity contribution is 7.12. The van der Waals surface area contributed by atoms with E-state index in [9.17, 15) is 0 Å². The minimum Gasteiger partial charge on any atom is -0.485 e. The largest absolute Gasteiger partial charge is 0.485 e. The summed E-state index contributed by atoms with van der Waals surface area (Å²) in [6.45, 7) is 11.4. The van der Waals surface area contributed by atoms with Crippen LogP contribution in [0.25, 0.3) is 0 Å². The van der Waals surface area contributed by atoms with Crippen molar-refractivity contribution in [3.63, 3.8) is 0 Å². The maximum atomic E-state index is 5.94. The van der Waals surface area contributed by atoms with Gasteiger partial charge in [-0.05, 0) is 34.6 Å². The third kappa shape index (κ3) is 2.93. The maximum Gasteiger partial charge on any atom is 0.175 e. The topological polar surface area (TPSA) is 27.7 Å². The van der Waals surface area contributed by atoms with Gasteiger partial charge in [0.15, 0.2) is 17.6 Å². The molecule has 0 radical (unpaired) electrons. The van der Waals surface area contributed by atoms with E-state index in [-0.39, 0.29) is 11.7 Å². The summed E-state index contributed by atoms with van der Waals surface area (Å²) in [5, 5.41) is 0. The van der Waals surface area contributed by atoms with Crippen LogP contribution in [-0.2, 0) is 4.74 Å². The third-order valence-corrected chi connectivity index (χ3v) is 3.54. The van der Waals surface area contributed by atoms with Crippen molar-refractivity contribution in [1.29, 1.82) is 0 Å². The predicted molar refractivity (Wildman–Crippen MR) is 69.4 cm³/mol. The Balaban J connectivity index is 2.01. The summed E-state index contributed by atoms with van der Waals surface area (Å²) >= 11 is 1.72. The number of aryl methyl sites for hydroxylation is 2. The Kier molecular flexibility index (Phi) is 3.36. The lowest BCUT2D eigenvalue weighted by Crippen LogP contribution is -2.36. The van der Waals surface area contributed by atoms with Crippen molar-refractivity contribution in [1.82, 2.24) is 0 Å². The molecule has 0 saturated carbocycles. The van der Waals surface area contributed by atoms with Crippen molar-refractivity contribution < 1.29 is 14.2 Å². The van der Waals surface area contributed by atoms with Gasteiger partial charge in [0.05, 0.1) is 12.2 Å². The van der Waals surface area contributed by atoms with Crippen molar-refractivity contribution in [3.05, 3.63) is 9.75 Å². The average Bonchev–Trinajstić information content (AvgIpc) is 2.51. The van der Waals surface area contributed by atoms with Crippen LogP contribution in [0.15, 0.2) is 0 Å². The maximum absolute atomic E-state index is 5.94. The fourth-order valence-electron chi connectivity index (χ4n) is 1.75. The molecule has 2 heterocycles. The molecule has 0 aromatic carbocycles. The zero-order valence-electron chi connectivity index (χ0n) is 11.1. The van der Waals surface area contributed by atoms with Crippen LogP contribution in [0.2, 0.25) is 0 Å². The first-order valence-corrected chi connectivity index (χ1v) is 6.72. The summed E-state index contributed by atoms with van der Waals surface area (Å²) in [7, 11) is 0. The molecule has 1 aromatic heterocycles. The zero-order valence-corrected chi connectivity index (χ0v) is 11.9. The number of hydrogen-bond acceptors (Lipinski definition) is 4. The fraction of sp³-hybridized carbons (Fsp3) is 0.692. The number of rotatable bonds is 2. The lowest BCUT2D eigenvalue weighted by molar-refractivity contribution is -0.0582. The first-order chi connectivity index (χ1) is 7.87. The molecule has 96 valence electrons. The molecule has 0 N–H and O–H groups in total. The summed E-state index contributed by atoms with van der Waals surface area (Å²) in [5.74, 6) is 1.82. The van der Waals surface area contributed by atoms with E-state index in [0.29, 0.717) is 13.2 Å². The van der Waals surface area contributed by atoms with E-state index in [4.69, 9.17) is 14.2 Å². The van der Waals surface area contributed by atoms with Gasteiger partial charge in [-0.2, -0.15) is 0 Å². The Morgan fingerprint density at radius 2 is 1.88 bits per heavy atom. The number of fused-ring (bicyclic) bond motifs is 1. The van der Waals surface area contributed by atoms with Crippen LogP contribution in [0.5, 0.6) is 11.5 Å². The Hall–Kier alpha value is -0.740. The quantitative estimate of drug-likeness (QED) is 0.812. The first-order valence-electron chi connectivity index (χ1n) is 5.90. The molecule has 0 amide bonds. The van der Waals surface area contributed by atoms with Gasteiger partial charge in [0.1, 0.15) is 6.61 Å². The molecule has 17 heavy (non-hydrogen) atoms. The van der Waals surface area contributed by atoms with Crippen molar-refractivity contribution in [3.8, 4) is 11.5 Å². The molecule has 0 bridgehead atoms. The summed E-state index contributed by atoms with van der Waals surface area (Å²) in [6.07, 6.45) is -0.00516. The molecule has 0 saturated heterocycles. The van der Waals surface area contributed by atoms with Gasteiger partial charge >= 0.3 is 0 Å². The van der Waals surface area contributed by atoms with Crippen LogP contribution in [0.4, 0.5) is 0 Å². The van der Waals surface area contributed by atoms with Crippen LogP contribution in [0.3, 0.4) is 0 Å². The van der Waals surface area contributed by atoms with Gasteiger partial charge in [0, 0.05) is 9.75 Å². The van der Waals surface area contributed by atoms with Crippen LogP contribution < -0.4 is 9.47 Å². The van der Waals surface area contributed by atoms with Crippen LogP contribution in [-0.4, -0.2) is 24.9 Å². The second-order valence-corrected chi connectivity index (χ2v) is 6.78. The van der Waals surface area contributed by atoms with Gasteiger partial charge in [-0.3, -0.25) is 0 Å². The van der Waals surface area contributed by atoms with Gasteiger partial charge < -0.3 is 14.2 Å². The predicted octanol–water partition coefficient (Wildman–Crippen LogP) is 3.32. The van der Waals surface area contributed by atoms with Crippen LogP contribution in [0, 0.1) is 13.8 Å². The Morgan fingerprint density at radius 3 is 2.53 bits per heavy atom. The molecule has 1 aliphatic heterocycles. The molecule has 1 aliphatic rings. The molecule has 4 heteroatoms. The molecule has 0 aliphatic carbocycles. The summed E-state index contributed by atoms with van der Waals surface area (Å²) < 4.78 is 17.4. The number of ether oxygens (including phenoxy) is 3. The molecule has 1 aromatic rings. The monoisotopic (exact) mass is 256 g/mol. The standard InChI is InChI=1S/C13H20O3S/c1-8-11-12(9(2)17-8)16-10(6-14-11)7-15-13(3,4)5/h10H,6-7H2,1-5H3. The van der Waals surface area contributed by atoms with Gasteiger partial charge in [0.25, 0.3) is 0 Å². The van der Waals surface area contributed by atoms with Gasteiger partial charge in [0.2, 0.25) is 0 Å². The minimum atomic E-state index is -0.136. The summed E-state index contributed by atoms with van der Waals surface area (Å²) in [5.41, 5.74) is -0.136. The zero-order chi connectivity index (χ0) is 12.6. The van der Waals surface area contributed by atoms with Crippen molar-refractivity contribution in [2.75, 3.05) is 13.2 Å². The van der Waals surface area contributed by atoms with Crippen LogP contribution in [0.1, 0.15) is 30.5 Å². The molecule has 1 unspecified atom stereocenters. The SMILES string of the molecule is Cc1sc(C)c2c1OCC(COC(C)(C)C)O2. The fourth-order valence-corrected chi connectivity index (χ4v) is 2.68. The minimum absolute atomic E-state index is 0.00516. The van der Waals surface area contributed by atoms with Crippen molar-refractivity contribution >= 4 is 11.3 Å².